The van der Waals surface area contributed by atoms with Gasteiger partial charge in [-0.05, 0) is 19.3 Å². The Morgan fingerprint density at radius 3 is 1.72 bits per heavy atom. The number of quaternary nitrogens is 1. The zero-order valence-corrected chi connectivity index (χ0v) is 12.9. The monoisotopic (exact) mass is 282 g/mol. The highest BCUT2D eigenvalue weighted by Crippen LogP contribution is 2.35. The van der Waals surface area contributed by atoms with E-state index < -0.39 is 7.82 Å². The van der Waals surface area contributed by atoms with Gasteiger partial charge in [-0.2, -0.15) is 0 Å². The zero-order valence-electron chi connectivity index (χ0n) is 12.0. The Bertz CT molecular complexity index is 237. The molecule has 0 aromatic heterocycles. The first kappa shape index (κ1) is 18.1. The summed E-state index contributed by atoms with van der Waals surface area (Å²) in [6, 6.07) is 0. The van der Waals surface area contributed by atoms with Crippen LogP contribution in [0.1, 0.15) is 46.5 Å². The lowest BCUT2D eigenvalue weighted by molar-refractivity contribution is -0.928. The number of phosphoric acid groups is 1. The molecule has 6 heteroatoms. The van der Waals surface area contributed by atoms with Gasteiger partial charge in [0.1, 0.15) is 0 Å². The molecule has 18 heavy (non-hydrogen) atoms. The standard InChI is InChI=1S/C12H28NO4P/c1-4-8-13(9-5-2,10-6-3)11-7-12-17-18(14,15)16/h4-12H2,1-3H3,(H-,14,15,16)/p+1. The van der Waals surface area contributed by atoms with Crippen molar-refractivity contribution in [2.24, 2.45) is 0 Å². The largest absolute Gasteiger partial charge is 0.469 e. The molecule has 0 saturated heterocycles. The van der Waals surface area contributed by atoms with Crippen LogP contribution in [0.15, 0.2) is 0 Å². The molecule has 0 rings (SSSR count). The summed E-state index contributed by atoms with van der Waals surface area (Å²) in [6.45, 7) is 11.0. The van der Waals surface area contributed by atoms with Crippen LogP contribution in [0.2, 0.25) is 0 Å². The molecular weight excluding hydrogens is 253 g/mol. The third-order valence-corrected chi connectivity index (χ3v) is 3.65. The molecule has 0 aliphatic rings. The highest BCUT2D eigenvalue weighted by molar-refractivity contribution is 7.46. The maximum Gasteiger partial charge on any atom is 0.469 e. The van der Waals surface area contributed by atoms with Crippen LogP contribution in [0.25, 0.3) is 0 Å². The van der Waals surface area contributed by atoms with Crippen molar-refractivity contribution in [2.45, 2.75) is 46.5 Å². The number of phosphoric ester groups is 1. The van der Waals surface area contributed by atoms with Crippen molar-refractivity contribution >= 4 is 7.82 Å². The van der Waals surface area contributed by atoms with E-state index >= 15 is 0 Å². The molecule has 0 aliphatic carbocycles. The van der Waals surface area contributed by atoms with Gasteiger partial charge in [-0.1, -0.05) is 20.8 Å². The van der Waals surface area contributed by atoms with Crippen LogP contribution in [-0.2, 0) is 9.09 Å². The first-order valence-electron chi connectivity index (χ1n) is 6.94. The van der Waals surface area contributed by atoms with Gasteiger partial charge in [0, 0.05) is 6.42 Å². The number of hydrogen-bond acceptors (Lipinski definition) is 2. The smallest absolute Gasteiger partial charge is 0.324 e. The summed E-state index contributed by atoms with van der Waals surface area (Å²) >= 11 is 0. The van der Waals surface area contributed by atoms with E-state index in [4.69, 9.17) is 9.79 Å². The Morgan fingerprint density at radius 1 is 0.944 bits per heavy atom. The summed E-state index contributed by atoms with van der Waals surface area (Å²) in [7, 11) is -4.30. The minimum atomic E-state index is -4.30. The minimum absolute atomic E-state index is 0.140. The van der Waals surface area contributed by atoms with Crippen LogP contribution in [-0.4, -0.2) is 47.1 Å². The summed E-state index contributed by atoms with van der Waals surface area (Å²) in [5.41, 5.74) is 0. The Kier molecular flexibility index (Phi) is 9.09. The molecule has 0 amide bonds. The molecule has 0 bridgehead atoms. The minimum Gasteiger partial charge on any atom is -0.324 e. The molecule has 0 spiro atoms. The summed E-state index contributed by atoms with van der Waals surface area (Å²) in [5, 5.41) is 0. The number of rotatable bonds is 11. The Morgan fingerprint density at radius 2 is 1.39 bits per heavy atom. The van der Waals surface area contributed by atoms with E-state index in [0.717, 1.165) is 49.9 Å². The van der Waals surface area contributed by atoms with Crippen molar-refractivity contribution in [3.8, 4) is 0 Å². The molecule has 5 nitrogen and oxygen atoms in total. The van der Waals surface area contributed by atoms with Crippen LogP contribution in [0, 0.1) is 0 Å². The van der Waals surface area contributed by atoms with Crippen LogP contribution in [0.5, 0.6) is 0 Å². The third-order valence-electron chi connectivity index (χ3n) is 3.13. The van der Waals surface area contributed by atoms with Crippen molar-refractivity contribution in [1.29, 1.82) is 0 Å². The maximum absolute atomic E-state index is 10.6. The lowest BCUT2D eigenvalue weighted by atomic mass is 10.2. The van der Waals surface area contributed by atoms with Crippen molar-refractivity contribution in [3.63, 3.8) is 0 Å². The van der Waals surface area contributed by atoms with E-state index in [1.807, 2.05) is 0 Å². The molecule has 0 fully saturated rings. The van der Waals surface area contributed by atoms with Crippen LogP contribution >= 0.6 is 7.82 Å². The summed E-state index contributed by atoms with van der Waals surface area (Å²) in [4.78, 5) is 17.3. The SMILES string of the molecule is CCC[N+](CCC)(CCC)CCCOP(=O)(O)O. The molecule has 0 radical (unpaired) electrons. The molecule has 0 aliphatic heterocycles. The predicted molar refractivity (Wildman–Crippen MR) is 73.2 cm³/mol. The second-order valence-electron chi connectivity index (χ2n) is 4.91. The first-order valence-corrected chi connectivity index (χ1v) is 8.47. The Labute approximate surface area is 111 Å². The maximum atomic E-state index is 10.6. The molecule has 0 atom stereocenters. The van der Waals surface area contributed by atoms with Crippen molar-refractivity contribution < 1.29 is 23.4 Å². The quantitative estimate of drug-likeness (QED) is 0.347. The number of hydrogen-bond donors (Lipinski definition) is 2. The fourth-order valence-electron chi connectivity index (χ4n) is 2.68. The Hall–Kier alpha value is 0.0700. The van der Waals surface area contributed by atoms with E-state index in [-0.39, 0.29) is 6.61 Å². The summed E-state index contributed by atoms with van der Waals surface area (Å²) in [5.74, 6) is 0. The van der Waals surface area contributed by atoms with E-state index in [9.17, 15) is 4.57 Å². The lowest BCUT2D eigenvalue weighted by Gasteiger charge is -2.38. The van der Waals surface area contributed by atoms with Gasteiger partial charge in [0.05, 0.1) is 32.8 Å². The molecule has 0 saturated carbocycles. The van der Waals surface area contributed by atoms with Crippen molar-refractivity contribution in [2.75, 3.05) is 32.8 Å². The van der Waals surface area contributed by atoms with E-state index in [1.165, 1.54) is 0 Å². The average Bonchev–Trinajstić information content (AvgIpc) is 2.24. The highest BCUT2D eigenvalue weighted by Gasteiger charge is 2.24. The third kappa shape index (κ3) is 8.22. The second kappa shape index (κ2) is 9.05. The van der Waals surface area contributed by atoms with Crippen molar-refractivity contribution in [1.82, 2.24) is 0 Å². The first-order chi connectivity index (χ1) is 8.39. The Balaban J connectivity index is 4.25. The van der Waals surface area contributed by atoms with Gasteiger partial charge in [-0.15, -0.1) is 0 Å². The molecule has 0 aromatic rings. The second-order valence-corrected chi connectivity index (χ2v) is 6.15. The summed E-state index contributed by atoms with van der Waals surface area (Å²) in [6.07, 6.45) is 4.11. The molecule has 110 valence electrons. The van der Waals surface area contributed by atoms with Gasteiger partial charge in [0.25, 0.3) is 0 Å². The number of nitrogens with zero attached hydrogens (tertiary/aromatic N) is 1. The summed E-state index contributed by atoms with van der Waals surface area (Å²) < 4.78 is 16.2. The average molecular weight is 282 g/mol. The molecule has 2 N–H and O–H groups in total. The molecular formula is C12H29NO4P+. The molecule has 0 aromatic carbocycles. The predicted octanol–water partition coefficient (Wildman–Crippen LogP) is 2.53. The van der Waals surface area contributed by atoms with Crippen LogP contribution in [0.4, 0.5) is 0 Å². The fraction of sp³-hybridized carbons (Fsp3) is 1.00. The van der Waals surface area contributed by atoms with E-state index in [0.29, 0.717) is 6.42 Å². The lowest BCUT2D eigenvalue weighted by Crippen LogP contribution is -2.50. The highest BCUT2D eigenvalue weighted by atomic mass is 31.2. The van der Waals surface area contributed by atoms with Gasteiger partial charge in [0.15, 0.2) is 0 Å². The van der Waals surface area contributed by atoms with Gasteiger partial charge >= 0.3 is 7.82 Å². The fourth-order valence-corrected chi connectivity index (χ4v) is 3.04. The van der Waals surface area contributed by atoms with Crippen LogP contribution < -0.4 is 0 Å². The molecule has 0 unspecified atom stereocenters. The molecule has 0 heterocycles. The zero-order chi connectivity index (χ0) is 14.1. The normalized spacial score (nSPS) is 12.9. The van der Waals surface area contributed by atoms with E-state index in [2.05, 4.69) is 25.3 Å². The topological polar surface area (TPSA) is 66.8 Å². The van der Waals surface area contributed by atoms with Crippen molar-refractivity contribution in [3.05, 3.63) is 0 Å². The van der Waals surface area contributed by atoms with Gasteiger partial charge in [-0.25, -0.2) is 4.57 Å². The van der Waals surface area contributed by atoms with Gasteiger partial charge in [0.2, 0.25) is 0 Å². The van der Waals surface area contributed by atoms with Gasteiger partial charge in [-0.3, -0.25) is 4.52 Å². The van der Waals surface area contributed by atoms with Gasteiger partial charge < -0.3 is 14.3 Å². The van der Waals surface area contributed by atoms with Crippen LogP contribution in [0.3, 0.4) is 0 Å². The van der Waals surface area contributed by atoms with E-state index in [1.54, 1.807) is 0 Å².